The first kappa shape index (κ1) is 20.4. The molecule has 0 unspecified atom stereocenters. The molecule has 1 fully saturated rings. The van der Waals surface area contributed by atoms with Crippen molar-refractivity contribution in [2.45, 2.75) is 44.7 Å². The minimum absolute atomic E-state index is 0.0910. The van der Waals surface area contributed by atoms with Gasteiger partial charge in [0.1, 0.15) is 5.82 Å². The molecule has 1 saturated carbocycles. The van der Waals surface area contributed by atoms with E-state index in [1.165, 1.54) is 11.8 Å². The Morgan fingerprint density at radius 1 is 1.20 bits per heavy atom. The summed E-state index contributed by atoms with van der Waals surface area (Å²) in [6, 6.07) is 9.97. The second kappa shape index (κ2) is 8.47. The van der Waals surface area contributed by atoms with E-state index in [9.17, 15) is 9.59 Å². The van der Waals surface area contributed by atoms with Gasteiger partial charge in [0, 0.05) is 17.3 Å². The van der Waals surface area contributed by atoms with Crippen LogP contribution < -0.4 is 0 Å². The van der Waals surface area contributed by atoms with Gasteiger partial charge in [0.25, 0.3) is 0 Å². The summed E-state index contributed by atoms with van der Waals surface area (Å²) in [5.41, 5.74) is 3.14. The fourth-order valence-corrected chi connectivity index (χ4v) is 4.37. The Labute approximate surface area is 179 Å². The molecule has 1 aromatic carbocycles. The van der Waals surface area contributed by atoms with Crippen molar-refractivity contribution in [3.63, 3.8) is 0 Å². The zero-order chi connectivity index (χ0) is 21.3. The highest BCUT2D eigenvalue weighted by Gasteiger charge is 2.31. The van der Waals surface area contributed by atoms with Gasteiger partial charge < -0.3 is 9.72 Å². The third kappa shape index (κ3) is 3.92. The molecule has 0 saturated heterocycles. The van der Waals surface area contributed by atoms with Crippen LogP contribution in [0.2, 0.25) is 0 Å². The standard InChI is InChI=1S/C22H24N4O3S/c1-4-29-21(28)18-13(2)19(23-14(18)3)17(27)12-30-22-25-24-20(15-10-11-15)26(22)16-8-6-5-7-9-16/h5-9,15,23H,4,10-12H2,1-3H3. The molecule has 2 aromatic heterocycles. The third-order valence-corrected chi connectivity index (χ3v) is 6.07. The number of aromatic amines is 1. The van der Waals surface area contributed by atoms with Gasteiger partial charge >= 0.3 is 5.97 Å². The van der Waals surface area contributed by atoms with Crippen molar-refractivity contribution in [1.82, 2.24) is 19.7 Å². The Hall–Kier alpha value is -2.87. The van der Waals surface area contributed by atoms with Crippen LogP contribution in [0.1, 0.15) is 63.6 Å². The minimum Gasteiger partial charge on any atom is -0.462 e. The summed E-state index contributed by atoms with van der Waals surface area (Å²) in [5, 5.41) is 9.45. The Bertz CT molecular complexity index is 1080. The number of nitrogens with one attached hydrogen (secondary N) is 1. The molecule has 7 nitrogen and oxygen atoms in total. The zero-order valence-corrected chi connectivity index (χ0v) is 18.1. The van der Waals surface area contributed by atoms with E-state index in [1.54, 1.807) is 20.8 Å². The fourth-order valence-electron chi connectivity index (χ4n) is 3.54. The predicted octanol–water partition coefficient (Wildman–Crippen LogP) is 4.24. The maximum Gasteiger partial charge on any atom is 0.340 e. The summed E-state index contributed by atoms with van der Waals surface area (Å²) in [6.07, 6.45) is 2.23. The molecule has 0 bridgehead atoms. The van der Waals surface area contributed by atoms with Crippen LogP contribution in [0.25, 0.3) is 5.69 Å². The number of ether oxygens (including phenoxy) is 1. The van der Waals surface area contributed by atoms with E-state index in [1.807, 2.05) is 34.9 Å². The van der Waals surface area contributed by atoms with Crippen LogP contribution in [0.15, 0.2) is 35.5 Å². The maximum atomic E-state index is 12.9. The van der Waals surface area contributed by atoms with Crippen molar-refractivity contribution in [2.24, 2.45) is 0 Å². The summed E-state index contributed by atoms with van der Waals surface area (Å²) >= 11 is 1.36. The number of ketones is 1. The lowest BCUT2D eigenvalue weighted by atomic mass is 10.1. The highest BCUT2D eigenvalue weighted by atomic mass is 32.2. The lowest BCUT2D eigenvalue weighted by Gasteiger charge is -2.09. The molecule has 1 aliphatic rings. The lowest BCUT2D eigenvalue weighted by Crippen LogP contribution is -2.09. The molecule has 0 spiro atoms. The number of esters is 1. The van der Waals surface area contributed by atoms with Crippen molar-refractivity contribution in [3.05, 3.63) is 58.7 Å². The van der Waals surface area contributed by atoms with Gasteiger partial charge in [0.05, 0.1) is 23.6 Å². The second-order valence-corrected chi connectivity index (χ2v) is 8.29. The molecule has 3 aromatic rings. The summed E-state index contributed by atoms with van der Waals surface area (Å²) in [4.78, 5) is 28.2. The number of aromatic nitrogens is 4. The first-order valence-electron chi connectivity index (χ1n) is 10.0. The van der Waals surface area contributed by atoms with Crippen LogP contribution in [0.4, 0.5) is 0 Å². The van der Waals surface area contributed by atoms with Crippen LogP contribution in [-0.2, 0) is 4.74 Å². The molecule has 4 rings (SSSR count). The summed E-state index contributed by atoms with van der Waals surface area (Å²) in [6.45, 7) is 5.60. The van der Waals surface area contributed by atoms with Gasteiger partial charge in [-0.15, -0.1) is 10.2 Å². The van der Waals surface area contributed by atoms with Crippen molar-refractivity contribution in [2.75, 3.05) is 12.4 Å². The largest absolute Gasteiger partial charge is 0.462 e. The van der Waals surface area contributed by atoms with Crippen molar-refractivity contribution < 1.29 is 14.3 Å². The van der Waals surface area contributed by atoms with Gasteiger partial charge in [0.15, 0.2) is 10.9 Å². The van der Waals surface area contributed by atoms with Gasteiger partial charge in [0.2, 0.25) is 0 Å². The normalized spacial score (nSPS) is 13.4. The first-order valence-corrected chi connectivity index (χ1v) is 11.0. The molecule has 1 N–H and O–H groups in total. The molecule has 0 aliphatic heterocycles. The van der Waals surface area contributed by atoms with Crippen molar-refractivity contribution in [3.8, 4) is 5.69 Å². The number of aryl methyl sites for hydroxylation is 1. The molecule has 0 amide bonds. The summed E-state index contributed by atoms with van der Waals surface area (Å²) in [5.74, 6) is 1.08. The zero-order valence-electron chi connectivity index (χ0n) is 17.3. The number of carbonyl (C=O) groups is 2. The number of H-pyrrole nitrogens is 1. The van der Waals surface area contributed by atoms with Crippen LogP contribution in [0.5, 0.6) is 0 Å². The molecular weight excluding hydrogens is 400 g/mol. The smallest absolute Gasteiger partial charge is 0.340 e. The number of benzene rings is 1. The molecule has 30 heavy (non-hydrogen) atoms. The maximum absolute atomic E-state index is 12.9. The van der Waals surface area contributed by atoms with E-state index in [-0.39, 0.29) is 11.5 Å². The van der Waals surface area contributed by atoms with Gasteiger partial charge in [-0.05, 0) is 51.3 Å². The van der Waals surface area contributed by atoms with Crippen LogP contribution in [0, 0.1) is 13.8 Å². The quantitative estimate of drug-likeness (QED) is 0.330. The van der Waals surface area contributed by atoms with E-state index in [4.69, 9.17) is 4.74 Å². The van der Waals surface area contributed by atoms with Gasteiger partial charge in [-0.25, -0.2) is 4.79 Å². The van der Waals surface area contributed by atoms with Crippen LogP contribution in [0.3, 0.4) is 0 Å². The van der Waals surface area contributed by atoms with Gasteiger partial charge in [-0.2, -0.15) is 0 Å². The van der Waals surface area contributed by atoms with E-state index >= 15 is 0 Å². The SMILES string of the molecule is CCOC(=O)c1c(C)[nH]c(C(=O)CSc2nnc(C3CC3)n2-c2ccccc2)c1C. The van der Waals surface area contributed by atoms with E-state index in [2.05, 4.69) is 15.2 Å². The van der Waals surface area contributed by atoms with Crippen LogP contribution in [-0.4, -0.2) is 43.9 Å². The molecule has 0 radical (unpaired) electrons. The van der Waals surface area contributed by atoms with E-state index in [0.29, 0.717) is 40.2 Å². The monoisotopic (exact) mass is 424 g/mol. The minimum atomic E-state index is -0.409. The number of thioether (sulfide) groups is 1. The Morgan fingerprint density at radius 3 is 2.60 bits per heavy atom. The van der Waals surface area contributed by atoms with Crippen molar-refractivity contribution >= 4 is 23.5 Å². The number of nitrogens with zero attached hydrogens (tertiary/aromatic N) is 3. The average molecular weight is 425 g/mol. The van der Waals surface area contributed by atoms with E-state index in [0.717, 1.165) is 24.4 Å². The molecule has 156 valence electrons. The number of hydrogen-bond donors (Lipinski definition) is 1. The molecule has 0 atom stereocenters. The summed E-state index contributed by atoms with van der Waals surface area (Å²) in [7, 11) is 0. The van der Waals surface area contributed by atoms with E-state index < -0.39 is 5.97 Å². The molecule has 8 heteroatoms. The molecular formula is C22H24N4O3S. The van der Waals surface area contributed by atoms with Gasteiger partial charge in [-0.1, -0.05) is 30.0 Å². The molecule has 1 aliphatic carbocycles. The fraction of sp³-hybridized carbons (Fsp3) is 0.364. The Balaban J connectivity index is 1.56. The highest BCUT2D eigenvalue weighted by Crippen LogP contribution is 2.41. The predicted molar refractivity (Wildman–Crippen MR) is 115 cm³/mol. The Morgan fingerprint density at radius 2 is 1.93 bits per heavy atom. The van der Waals surface area contributed by atoms with Crippen LogP contribution >= 0.6 is 11.8 Å². The van der Waals surface area contributed by atoms with Gasteiger partial charge in [-0.3, -0.25) is 9.36 Å². The topological polar surface area (TPSA) is 89.9 Å². The second-order valence-electron chi connectivity index (χ2n) is 7.34. The number of para-hydroxylation sites is 1. The number of rotatable bonds is 8. The first-order chi connectivity index (χ1) is 14.5. The summed E-state index contributed by atoms with van der Waals surface area (Å²) < 4.78 is 7.16. The van der Waals surface area contributed by atoms with Crippen molar-refractivity contribution in [1.29, 1.82) is 0 Å². The number of carbonyl (C=O) groups excluding carboxylic acids is 2. The third-order valence-electron chi connectivity index (χ3n) is 5.14. The number of Topliss-reactive ketones (excluding diaryl/α,β-unsaturated/α-hetero) is 1. The average Bonchev–Trinajstić information content (AvgIpc) is 3.42. The Kier molecular flexibility index (Phi) is 5.76. The molecule has 2 heterocycles. The number of hydrogen-bond acceptors (Lipinski definition) is 6. The lowest BCUT2D eigenvalue weighted by molar-refractivity contribution is 0.0525. The highest BCUT2D eigenvalue weighted by molar-refractivity contribution is 7.99.